The molecule has 0 saturated carbocycles. The van der Waals surface area contributed by atoms with Crippen molar-refractivity contribution in [2.75, 3.05) is 13.6 Å². The molecule has 6 heteroatoms. The number of pyridine rings is 1. The maximum Gasteiger partial charge on any atom is 0.254 e. The second kappa shape index (κ2) is 4.70. The maximum absolute atomic E-state index is 11.7. The van der Waals surface area contributed by atoms with Crippen molar-refractivity contribution in [2.24, 2.45) is 5.73 Å². The van der Waals surface area contributed by atoms with Gasteiger partial charge in [-0.1, -0.05) is 12.2 Å². The first kappa shape index (κ1) is 11.4. The van der Waals surface area contributed by atoms with Gasteiger partial charge in [0, 0.05) is 24.9 Å². The zero-order valence-corrected chi connectivity index (χ0v) is 9.00. The molecule has 1 aromatic heterocycles. The van der Waals surface area contributed by atoms with Crippen molar-refractivity contribution < 1.29 is 4.79 Å². The Morgan fingerprint density at radius 2 is 2.33 bits per heavy atom. The molecule has 0 atom stereocenters. The summed E-state index contributed by atoms with van der Waals surface area (Å²) in [6, 6.07) is 2.76. The Bertz CT molecular complexity index is 441. The van der Waals surface area contributed by atoms with Gasteiger partial charge in [-0.05, 0) is 6.07 Å². The van der Waals surface area contributed by atoms with Gasteiger partial charge in [-0.2, -0.15) is 0 Å². The molecule has 0 fully saturated rings. The third-order valence-electron chi connectivity index (χ3n) is 1.76. The van der Waals surface area contributed by atoms with E-state index >= 15 is 0 Å². The third-order valence-corrected chi connectivity index (χ3v) is 1.89. The zero-order chi connectivity index (χ0) is 11.4. The van der Waals surface area contributed by atoms with Gasteiger partial charge in [0.15, 0.2) is 0 Å². The average Bonchev–Trinajstić information content (AvgIpc) is 2.15. The number of nitrogens with zero attached hydrogens (tertiary/aromatic N) is 1. The van der Waals surface area contributed by atoms with E-state index in [9.17, 15) is 9.59 Å². The van der Waals surface area contributed by atoms with Crippen LogP contribution in [0.15, 0.2) is 23.1 Å². The number of rotatable bonds is 3. The number of nitrogens with one attached hydrogen (secondary N) is 1. The zero-order valence-electron chi connectivity index (χ0n) is 8.19. The van der Waals surface area contributed by atoms with Gasteiger partial charge in [-0.3, -0.25) is 9.59 Å². The minimum absolute atomic E-state index is 0.195. The van der Waals surface area contributed by atoms with E-state index in [1.807, 2.05) is 0 Å². The molecule has 3 N–H and O–H groups in total. The molecule has 5 nitrogen and oxygen atoms in total. The Hall–Kier alpha value is -1.69. The monoisotopic (exact) mass is 225 g/mol. The quantitative estimate of drug-likeness (QED) is 0.694. The largest absolute Gasteiger partial charge is 0.392 e. The molecule has 0 unspecified atom stereocenters. The first-order valence-electron chi connectivity index (χ1n) is 4.23. The van der Waals surface area contributed by atoms with Crippen LogP contribution in [0.3, 0.4) is 0 Å². The number of aromatic amines is 1. The molecule has 0 spiro atoms. The highest BCUT2D eigenvalue weighted by atomic mass is 32.1. The summed E-state index contributed by atoms with van der Waals surface area (Å²) in [5.41, 5.74) is 5.31. The van der Waals surface area contributed by atoms with Crippen molar-refractivity contribution in [3.63, 3.8) is 0 Å². The number of hydrogen-bond donors (Lipinski definition) is 2. The van der Waals surface area contributed by atoms with Crippen molar-refractivity contribution in [2.45, 2.75) is 0 Å². The molecular weight excluding hydrogens is 214 g/mol. The van der Waals surface area contributed by atoms with Crippen LogP contribution in [0.4, 0.5) is 0 Å². The number of thiocarbonyl (C=S) groups is 1. The van der Waals surface area contributed by atoms with Gasteiger partial charge in [0.1, 0.15) is 0 Å². The highest BCUT2D eigenvalue weighted by Crippen LogP contribution is 1.98. The number of amides is 1. The number of hydrogen-bond acceptors (Lipinski definition) is 3. The van der Waals surface area contributed by atoms with E-state index in [-0.39, 0.29) is 23.0 Å². The molecule has 0 aromatic carbocycles. The number of aromatic nitrogens is 1. The van der Waals surface area contributed by atoms with Crippen LogP contribution in [0.25, 0.3) is 0 Å². The molecular formula is C9H11N3O2S. The van der Waals surface area contributed by atoms with Gasteiger partial charge < -0.3 is 15.6 Å². The molecule has 1 aromatic rings. The number of nitrogens with two attached hydrogens (primary N) is 1. The highest BCUT2D eigenvalue weighted by molar-refractivity contribution is 7.80. The molecule has 0 aliphatic heterocycles. The summed E-state index contributed by atoms with van der Waals surface area (Å²) in [4.78, 5) is 26.7. The first-order chi connectivity index (χ1) is 7.00. The Labute approximate surface area is 91.9 Å². The Morgan fingerprint density at radius 1 is 1.67 bits per heavy atom. The normalized spacial score (nSPS) is 9.67. The molecule has 1 amide bonds. The lowest BCUT2D eigenvalue weighted by atomic mass is 10.2. The van der Waals surface area contributed by atoms with Crippen LogP contribution in [0.2, 0.25) is 0 Å². The summed E-state index contributed by atoms with van der Waals surface area (Å²) in [6.07, 6.45) is 1.42. The summed E-state index contributed by atoms with van der Waals surface area (Å²) < 4.78 is 0. The number of carbonyl (C=O) groups is 1. The van der Waals surface area contributed by atoms with Gasteiger partial charge >= 0.3 is 0 Å². The molecule has 1 rings (SSSR count). The second-order valence-corrected chi connectivity index (χ2v) is 3.59. The minimum atomic E-state index is -0.315. The molecule has 15 heavy (non-hydrogen) atoms. The fourth-order valence-electron chi connectivity index (χ4n) is 1.10. The lowest BCUT2D eigenvalue weighted by Gasteiger charge is -2.15. The number of H-pyrrole nitrogens is 1. The lowest BCUT2D eigenvalue weighted by Crippen LogP contribution is -2.34. The van der Waals surface area contributed by atoms with Gasteiger partial charge in [-0.15, -0.1) is 0 Å². The van der Waals surface area contributed by atoms with Gasteiger partial charge in [0.25, 0.3) is 5.91 Å². The van der Waals surface area contributed by atoms with E-state index < -0.39 is 0 Å². The highest BCUT2D eigenvalue weighted by Gasteiger charge is 2.12. The van der Waals surface area contributed by atoms with Crippen molar-refractivity contribution in [3.8, 4) is 0 Å². The van der Waals surface area contributed by atoms with E-state index in [2.05, 4.69) is 17.2 Å². The van der Waals surface area contributed by atoms with E-state index in [4.69, 9.17) is 5.73 Å². The molecule has 80 valence electrons. The second-order valence-electron chi connectivity index (χ2n) is 3.07. The van der Waals surface area contributed by atoms with Crippen molar-refractivity contribution in [3.05, 3.63) is 34.2 Å². The summed E-state index contributed by atoms with van der Waals surface area (Å²) in [5.74, 6) is -0.283. The fourth-order valence-corrected chi connectivity index (χ4v) is 1.30. The van der Waals surface area contributed by atoms with Crippen LogP contribution >= 0.6 is 12.2 Å². The topological polar surface area (TPSA) is 79.2 Å². The van der Waals surface area contributed by atoms with E-state index in [0.717, 1.165) is 0 Å². The van der Waals surface area contributed by atoms with Crippen LogP contribution in [0.1, 0.15) is 10.4 Å². The van der Waals surface area contributed by atoms with Crippen molar-refractivity contribution in [1.29, 1.82) is 0 Å². The van der Waals surface area contributed by atoms with Crippen molar-refractivity contribution in [1.82, 2.24) is 9.88 Å². The molecule has 0 radical (unpaired) electrons. The van der Waals surface area contributed by atoms with Crippen molar-refractivity contribution >= 4 is 23.1 Å². The van der Waals surface area contributed by atoms with Gasteiger partial charge in [0.05, 0.1) is 11.5 Å². The smallest absolute Gasteiger partial charge is 0.254 e. The maximum atomic E-state index is 11.7. The predicted octanol–water partition coefficient (Wildman–Crippen LogP) is -0.267. The van der Waals surface area contributed by atoms with Crippen LogP contribution in [-0.4, -0.2) is 34.4 Å². The summed E-state index contributed by atoms with van der Waals surface area (Å²) in [5, 5.41) is 0. The van der Waals surface area contributed by atoms with E-state index in [0.29, 0.717) is 5.56 Å². The molecule has 0 aliphatic carbocycles. The predicted molar refractivity (Wildman–Crippen MR) is 60.8 cm³/mol. The van der Waals surface area contributed by atoms with Crippen LogP contribution in [-0.2, 0) is 0 Å². The van der Waals surface area contributed by atoms with Crippen LogP contribution < -0.4 is 11.3 Å². The first-order valence-corrected chi connectivity index (χ1v) is 4.64. The minimum Gasteiger partial charge on any atom is -0.392 e. The Morgan fingerprint density at radius 3 is 2.87 bits per heavy atom. The molecule has 1 heterocycles. The summed E-state index contributed by atoms with van der Waals surface area (Å²) in [6.45, 7) is 0.195. The molecule has 0 aliphatic rings. The van der Waals surface area contributed by atoms with E-state index in [1.165, 1.54) is 23.2 Å². The summed E-state index contributed by atoms with van der Waals surface area (Å²) in [7, 11) is 1.57. The number of carbonyl (C=O) groups excluding carboxylic acids is 1. The Balaban J connectivity index is 2.85. The van der Waals surface area contributed by atoms with Gasteiger partial charge in [-0.25, -0.2) is 0 Å². The molecule has 0 bridgehead atoms. The fraction of sp³-hybridized carbons (Fsp3) is 0.222. The number of likely N-dealkylation sites (N-methyl/N-ethyl adjacent to an activating group) is 1. The third kappa shape index (κ3) is 3.17. The Kier molecular flexibility index (Phi) is 3.56. The molecule has 0 saturated heterocycles. The van der Waals surface area contributed by atoms with Crippen LogP contribution in [0.5, 0.6) is 0 Å². The van der Waals surface area contributed by atoms with Gasteiger partial charge in [0.2, 0.25) is 5.56 Å². The van der Waals surface area contributed by atoms with Crippen LogP contribution in [0, 0.1) is 0 Å². The standard InChI is InChI=1S/C9H11N3O2S/c1-12(5-7(10)15)9(14)6-2-3-11-8(13)4-6/h2-4H,5H2,1H3,(H2,10,15)(H,11,13). The van der Waals surface area contributed by atoms with E-state index in [1.54, 1.807) is 7.05 Å². The lowest BCUT2D eigenvalue weighted by molar-refractivity contribution is 0.0815. The average molecular weight is 225 g/mol. The SMILES string of the molecule is CN(CC(N)=S)C(=O)c1cc[nH]c(=O)c1. The summed E-state index contributed by atoms with van der Waals surface area (Å²) >= 11 is 4.68.